The normalized spacial score (nSPS) is 12.3. The van der Waals surface area contributed by atoms with Crippen molar-refractivity contribution in [3.05, 3.63) is 82.1 Å². The number of aliphatic hydroxyl groups is 1. The average Bonchev–Trinajstić information content (AvgIpc) is 2.96. The van der Waals surface area contributed by atoms with Crippen molar-refractivity contribution in [3.63, 3.8) is 0 Å². The van der Waals surface area contributed by atoms with E-state index in [-0.39, 0.29) is 0 Å². The molecule has 106 valence electrons. The molecule has 21 heavy (non-hydrogen) atoms. The zero-order valence-corrected chi connectivity index (χ0v) is 12.6. The van der Waals surface area contributed by atoms with Crippen molar-refractivity contribution in [2.45, 2.75) is 6.10 Å². The van der Waals surface area contributed by atoms with Crippen LogP contribution in [0.15, 0.2) is 60.9 Å². The zero-order valence-electron chi connectivity index (χ0n) is 11.1. The minimum absolute atomic E-state index is 0.559. The topological polar surface area (TPSA) is 36.0 Å². The van der Waals surface area contributed by atoms with Gasteiger partial charge < -0.3 is 10.1 Å². The van der Waals surface area contributed by atoms with E-state index >= 15 is 0 Å². The summed E-state index contributed by atoms with van der Waals surface area (Å²) in [5, 5.41) is 11.7. The van der Waals surface area contributed by atoms with E-state index in [1.165, 1.54) is 0 Å². The maximum atomic E-state index is 10.6. The summed E-state index contributed by atoms with van der Waals surface area (Å²) >= 11 is 12.2. The Kier molecular flexibility index (Phi) is 4.02. The molecule has 0 aliphatic carbocycles. The highest BCUT2D eigenvalue weighted by Crippen LogP contribution is 2.36. The number of aromatic nitrogens is 1. The monoisotopic (exact) mass is 317 g/mol. The number of halogens is 2. The van der Waals surface area contributed by atoms with Crippen molar-refractivity contribution in [3.8, 4) is 11.1 Å². The molecule has 0 amide bonds. The van der Waals surface area contributed by atoms with Crippen LogP contribution in [0, 0.1) is 0 Å². The molecule has 0 fully saturated rings. The Morgan fingerprint density at radius 2 is 1.67 bits per heavy atom. The van der Waals surface area contributed by atoms with Crippen LogP contribution in [0.25, 0.3) is 11.1 Å². The predicted octanol–water partition coefficient (Wildman–Crippen LogP) is 5.07. The van der Waals surface area contributed by atoms with Crippen molar-refractivity contribution >= 4 is 23.2 Å². The molecule has 0 radical (unpaired) electrons. The summed E-state index contributed by atoms with van der Waals surface area (Å²) in [5.41, 5.74) is 3.33. The van der Waals surface area contributed by atoms with Crippen LogP contribution in [0.4, 0.5) is 0 Å². The van der Waals surface area contributed by atoms with Gasteiger partial charge in [0.2, 0.25) is 0 Å². The van der Waals surface area contributed by atoms with E-state index in [1.807, 2.05) is 42.6 Å². The summed E-state index contributed by atoms with van der Waals surface area (Å²) in [7, 11) is 0. The lowest BCUT2D eigenvalue weighted by Crippen LogP contribution is -1.99. The Bertz CT molecular complexity index is 752. The Balaban J connectivity index is 2.05. The van der Waals surface area contributed by atoms with Gasteiger partial charge in [0.05, 0.1) is 0 Å². The van der Waals surface area contributed by atoms with Gasteiger partial charge in [-0.1, -0.05) is 59.6 Å². The van der Waals surface area contributed by atoms with Gasteiger partial charge in [0.25, 0.3) is 0 Å². The standard InChI is InChI=1S/C17H13Cl2NO/c18-12-6-7-13(16(19)8-12)14-9-20-10-15(14)17(21)11-4-2-1-3-5-11/h1-10,17,20-21H. The largest absolute Gasteiger partial charge is 0.384 e. The van der Waals surface area contributed by atoms with Crippen molar-refractivity contribution in [2.75, 3.05) is 0 Å². The van der Waals surface area contributed by atoms with Gasteiger partial charge in [-0.25, -0.2) is 0 Å². The lowest BCUT2D eigenvalue weighted by Gasteiger charge is -2.13. The number of hydrogen-bond donors (Lipinski definition) is 2. The molecule has 4 heteroatoms. The Morgan fingerprint density at radius 3 is 2.38 bits per heavy atom. The molecule has 2 nitrogen and oxygen atoms in total. The highest BCUT2D eigenvalue weighted by Gasteiger charge is 2.18. The molecule has 1 atom stereocenters. The average molecular weight is 318 g/mol. The molecule has 1 heterocycles. The molecular weight excluding hydrogens is 305 g/mol. The molecule has 2 aromatic carbocycles. The van der Waals surface area contributed by atoms with Crippen LogP contribution in [-0.4, -0.2) is 10.1 Å². The fourth-order valence-electron chi connectivity index (χ4n) is 2.36. The van der Waals surface area contributed by atoms with Crippen LogP contribution in [0.3, 0.4) is 0 Å². The minimum Gasteiger partial charge on any atom is -0.384 e. The van der Waals surface area contributed by atoms with Crippen LogP contribution in [-0.2, 0) is 0 Å². The lowest BCUT2D eigenvalue weighted by atomic mass is 9.97. The molecule has 0 saturated heterocycles. The molecule has 0 saturated carbocycles. The highest BCUT2D eigenvalue weighted by molar-refractivity contribution is 6.36. The van der Waals surface area contributed by atoms with Gasteiger partial charge in [-0.2, -0.15) is 0 Å². The fraction of sp³-hybridized carbons (Fsp3) is 0.0588. The summed E-state index contributed by atoms with van der Waals surface area (Å²) in [4.78, 5) is 3.04. The zero-order chi connectivity index (χ0) is 14.8. The van der Waals surface area contributed by atoms with Crippen molar-refractivity contribution in [1.82, 2.24) is 4.98 Å². The van der Waals surface area contributed by atoms with Gasteiger partial charge >= 0.3 is 0 Å². The smallest absolute Gasteiger partial charge is 0.106 e. The van der Waals surface area contributed by atoms with Crippen LogP contribution in [0.1, 0.15) is 17.2 Å². The summed E-state index contributed by atoms with van der Waals surface area (Å²) in [6.45, 7) is 0. The third kappa shape index (κ3) is 2.84. The Labute approximate surface area is 133 Å². The van der Waals surface area contributed by atoms with Crippen LogP contribution in [0.5, 0.6) is 0 Å². The van der Waals surface area contributed by atoms with Crippen molar-refractivity contribution < 1.29 is 5.11 Å². The first-order valence-corrected chi connectivity index (χ1v) is 7.27. The first-order valence-electron chi connectivity index (χ1n) is 6.52. The SMILES string of the molecule is OC(c1ccccc1)c1c[nH]cc1-c1ccc(Cl)cc1Cl. The van der Waals surface area contributed by atoms with E-state index in [9.17, 15) is 5.11 Å². The predicted molar refractivity (Wildman–Crippen MR) is 86.8 cm³/mol. The second kappa shape index (κ2) is 5.94. The van der Waals surface area contributed by atoms with E-state index in [2.05, 4.69) is 4.98 Å². The molecule has 0 aliphatic rings. The minimum atomic E-state index is -0.709. The van der Waals surface area contributed by atoms with Gasteiger partial charge in [0.15, 0.2) is 0 Å². The summed E-state index contributed by atoms with van der Waals surface area (Å²) in [6, 6.07) is 14.9. The van der Waals surface area contributed by atoms with Gasteiger partial charge in [-0.05, 0) is 17.7 Å². The number of benzene rings is 2. The maximum absolute atomic E-state index is 10.6. The number of aromatic amines is 1. The number of nitrogens with one attached hydrogen (secondary N) is 1. The first kappa shape index (κ1) is 14.2. The molecule has 3 rings (SSSR count). The van der Waals surface area contributed by atoms with E-state index in [4.69, 9.17) is 23.2 Å². The number of aliphatic hydroxyl groups excluding tert-OH is 1. The molecule has 2 N–H and O–H groups in total. The van der Waals surface area contributed by atoms with Gasteiger partial charge in [0.1, 0.15) is 6.10 Å². The molecule has 0 bridgehead atoms. The van der Waals surface area contributed by atoms with Crippen LogP contribution < -0.4 is 0 Å². The third-order valence-electron chi connectivity index (χ3n) is 3.41. The molecular formula is C17H13Cl2NO. The molecule has 1 aromatic heterocycles. The fourth-order valence-corrected chi connectivity index (χ4v) is 2.87. The van der Waals surface area contributed by atoms with E-state index in [1.54, 1.807) is 18.3 Å². The molecule has 0 spiro atoms. The van der Waals surface area contributed by atoms with Gasteiger partial charge in [-0.15, -0.1) is 0 Å². The molecule has 0 aliphatic heterocycles. The second-order valence-corrected chi connectivity index (χ2v) is 5.61. The quantitative estimate of drug-likeness (QED) is 0.695. The Hall–Kier alpha value is -1.74. The summed E-state index contributed by atoms with van der Waals surface area (Å²) in [5.74, 6) is 0. The molecule has 1 unspecified atom stereocenters. The summed E-state index contributed by atoms with van der Waals surface area (Å²) < 4.78 is 0. The first-order chi connectivity index (χ1) is 10.2. The lowest BCUT2D eigenvalue weighted by molar-refractivity contribution is 0.221. The number of hydrogen-bond acceptors (Lipinski definition) is 1. The van der Waals surface area contributed by atoms with E-state index in [0.29, 0.717) is 10.0 Å². The second-order valence-electron chi connectivity index (χ2n) is 4.76. The third-order valence-corrected chi connectivity index (χ3v) is 3.96. The molecule has 3 aromatic rings. The maximum Gasteiger partial charge on any atom is 0.106 e. The van der Waals surface area contributed by atoms with E-state index in [0.717, 1.165) is 22.3 Å². The van der Waals surface area contributed by atoms with Crippen molar-refractivity contribution in [2.24, 2.45) is 0 Å². The van der Waals surface area contributed by atoms with Crippen LogP contribution in [0.2, 0.25) is 10.0 Å². The Morgan fingerprint density at radius 1 is 0.905 bits per heavy atom. The number of H-pyrrole nitrogens is 1. The van der Waals surface area contributed by atoms with Crippen molar-refractivity contribution in [1.29, 1.82) is 0 Å². The summed E-state index contributed by atoms with van der Waals surface area (Å²) in [6.07, 6.45) is 2.91. The van der Waals surface area contributed by atoms with E-state index < -0.39 is 6.10 Å². The van der Waals surface area contributed by atoms with Gasteiger partial charge in [-0.3, -0.25) is 0 Å². The highest BCUT2D eigenvalue weighted by atomic mass is 35.5. The van der Waals surface area contributed by atoms with Gasteiger partial charge in [0, 0.05) is 39.1 Å². The van der Waals surface area contributed by atoms with Crippen LogP contribution >= 0.6 is 23.2 Å². The number of rotatable bonds is 3.